The van der Waals surface area contributed by atoms with E-state index in [1.807, 2.05) is 30.3 Å². The van der Waals surface area contributed by atoms with Gasteiger partial charge >= 0.3 is 36.4 Å². The molecule has 0 radical (unpaired) electrons. The summed E-state index contributed by atoms with van der Waals surface area (Å²) >= 11 is 0. The van der Waals surface area contributed by atoms with E-state index in [0.717, 1.165) is 19.4 Å². The summed E-state index contributed by atoms with van der Waals surface area (Å²) < 4.78 is 44.5. The molecule has 1 atom stereocenters. The van der Waals surface area contributed by atoms with Gasteiger partial charge in [0.25, 0.3) is 11.0 Å². The molecule has 0 aliphatic carbocycles. The minimum atomic E-state index is -5.72. The van der Waals surface area contributed by atoms with E-state index < -0.39 is 71.0 Å². The number of hydrogen-bond acceptors (Lipinski definition) is 6. The van der Waals surface area contributed by atoms with E-state index in [9.17, 15) is 62.2 Å². The lowest BCUT2D eigenvalue weighted by Crippen LogP contribution is -2.60. The number of hydrogen-bond donors (Lipinski definition) is 10. The molecule has 0 spiro atoms. The first kappa shape index (κ1) is 34.2. The summed E-state index contributed by atoms with van der Waals surface area (Å²) in [5.74, 6) is -0.959. The topological polar surface area (TPSA) is 293 Å². The van der Waals surface area contributed by atoms with Crippen molar-refractivity contribution in [3.63, 3.8) is 0 Å². The van der Waals surface area contributed by atoms with Crippen LogP contribution in [0.2, 0.25) is 0 Å². The number of aliphatic carboxylic acids is 1. The molecule has 35 heavy (non-hydrogen) atoms. The van der Waals surface area contributed by atoms with Gasteiger partial charge in [-0.25, -0.2) is 0 Å². The maximum absolute atomic E-state index is 11.6. The quantitative estimate of drug-likeness (QED) is 0.118. The van der Waals surface area contributed by atoms with Crippen molar-refractivity contribution in [1.29, 1.82) is 0 Å². The molecule has 0 unspecified atom stereocenters. The van der Waals surface area contributed by atoms with E-state index in [1.165, 1.54) is 0 Å². The van der Waals surface area contributed by atoms with Crippen molar-refractivity contribution in [2.45, 2.75) is 37.4 Å². The largest absolute Gasteiger partial charge is 0.480 e. The van der Waals surface area contributed by atoms with Crippen molar-refractivity contribution < 1.29 is 71.8 Å². The molecule has 11 N–H and O–H groups in total. The number of carbonyl (C=O) groups is 1. The van der Waals surface area contributed by atoms with E-state index in [0.29, 0.717) is 6.42 Å². The SMILES string of the molecule is CC[N+](CC)(C(P(=O)(O)O)P(=O)(O)O)C(P(=O)(O)O)P(=O)(O)O.N[C@@H](Cc1ccccc1)C(=O)O. The normalized spacial score (nSPS) is 14.4. The maximum Gasteiger partial charge on any atom is 0.395 e. The molecule has 1 aromatic rings. The van der Waals surface area contributed by atoms with Crippen LogP contribution in [-0.2, 0) is 29.5 Å². The minimum Gasteiger partial charge on any atom is -0.480 e. The van der Waals surface area contributed by atoms with Gasteiger partial charge in [0.1, 0.15) is 6.04 Å². The first-order valence-electron chi connectivity index (χ1n) is 9.65. The predicted molar refractivity (Wildman–Crippen MR) is 123 cm³/mol. The number of carboxylic acid groups (broad SMARTS) is 1. The zero-order valence-electron chi connectivity index (χ0n) is 18.6. The molecule has 0 aliphatic heterocycles. The molecule has 16 nitrogen and oxygen atoms in total. The smallest absolute Gasteiger partial charge is 0.395 e. The third kappa shape index (κ3) is 9.88. The van der Waals surface area contributed by atoms with Gasteiger partial charge in [0.15, 0.2) is 0 Å². The predicted octanol–water partition coefficient (Wildman–Crippen LogP) is -0.238. The highest BCUT2D eigenvalue weighted by Gasteiger charge is 2.68. The second kappa shape index (κ2) is 12.6. The number of nitrogens with two attached hydrogens (primary N) is 1. The lowest BCUT2D eigenvalue weighted by molar-refractivity contribution is -0.927. The molecule has 0 aliphatic rings. The Hall–Kier alpha value is -0.790. The van der Waals surface area contributed by atoms with E-state index in [2.05, 4.69) is 0 Å². The Labute approximate surface area is 200 Å². The first-order valence-corrected chi connectivity index (χ1v) is 16.4. The molecule has 0 saturated carbocycles. The van der Waals surface area contributed by atoms with E-state index in [-0.39, 0.29) is 0 Å². The second-order valence-electron chi connectivity index (χ2n) is 7.42. The van der Waals surface area contributed by atoms with Crippen molar-refractivity contribution in [2.75, 3.05) is 13.1 Å². The molecule has 0 amide bonds. The van der Waals surface area contributed by atoms with Crippen LogP contribution in [0.3, 0.4) is 0 Å². The van der Waals surface area contributed by atoms with Crippen LogP contribution >= 0.6 is 30.4 Å². The van der Waals surface area contributed by atoms with Crippen molar-refractivity contribution in [3.05, 3.63) is 35.9 Å². The van der Waals surface area contributed by atoms with Crippen molar-refractivity contribution in [1.82, 2.24) is 0 Å². The van der Waals surface area contributed by atoms with Crippen LogP contribution in [0.4, 0.5) is 0 Å². The van der Waals surface area contributed by atoms with Crippen molar-refractivity contribution in [3.8, 4) is 0 Å². The maximum atomic E-state index is 11.6. The van der Waals surface area contributed by atoms with Gasteiger partial charge in [0, 0.05) is 0 Å². The fourth-order valence-electron chi connectivity index (χ4n) is 3.54. The molecule has 0 heterocycles. The summed E-state index contributed by atoms with van der Waals surface area (Å²) in [4.78, 5) is 84.7. The summed E-state index contributed by atoms with van der Waals surface area (Å²) in [6, 6.07) is 8.54. The molecule has 0 bridgehead atoms. The average molecular weight is 587 g/mol. The molecule has 0 saturated heterocycles. The molecular formula is C15H31N2O14P4+. The molecule has 1 rings (SSSR count). The van der Waals surface area contributed by atoms with Gasteiger partial charge in [-0.1, -0.05) is 30.3 Å². The van der Waals surface area contributed by atoms with Crippen LogP contribution in [0.5, 0.6) is 0 Å². The summed E-state index contributed by atoms with van der Waals surface area (Å²) in [6.07, 6.45) is 0.385. The third-order valence-corrected chi connectivity index (χ3v) is 12.8. The van der Waals surface area contributed by atoms with Gasteiger partial charge in [0.05, 0.1) is 13.1 Å². The number of quaternary nitrogens is 1. The Bertz CT molecular complexity index is 931. The van der Waals surface area contributed by atoms with Crippen LogP contribution in [0.15, 0.2) is 30.3 Å². The number of carboxylic acids is 1. The summed E-state index contributed by atoms with van der Waals surface area (Å²) in [5.41, 5.74) is 0.236. The Morgan fingerprint density at radius 1 is 0.771 bits per heavy atom. The van der Waals surface area contributed by atoms with Gasteiger partial charge in [0.2, 0.25) is 0 Å². The van der Waals surface area contributed by atoms with Crippen LogP contribution in [-0.4, -0.2) is 84.9 Å². The number of benzene rings is 1. The van der Waals surface area contributed by atoms with Gasteiger partial charge in [-0.05, 0) is 25.8 Å². The molecular weight excluding hydrogens is 556 g/mol. The van der Waals surface area contributed by atoms with Gasteiger partial charge in [-0.15, -0.1) is 0 Å². The van der Waals surface area contributed by atoms with Crippen LogP contribution in [0, 0.1) is 0 Å². The summed E-state index contributed by atoms with van der Waals surface area (Å²) in [6.45, 7) is 0.552. The van der Waals surface area contributed by atoms with E-state index >= 15 is 0 Å². The van der Waals surface area contributed by atoms with Gasteiger partial charge < -0.3 is 50.0 Å². The summed E-state index contributed by atoms with van der Waals surface area (Å²) in [7, 11) is -22.9. The van der Waals surface area contributed by atoms with Crippen LogP contribution in [0.25, 0.3) is 0 Å². The van der Waals surface area contributed by atoms with Gasteiger partial charge in [-0.2, -0.15) is 0 Å². The second-order valence-corrected chi connectivity index (χ2v) is 14.9. The van der Waals surface area contributed by atoms with E-state index in [4.69, 9.17) is 10.8 Å². The van der Waals surface area contributed by atoms with Crippen LogP contribution < -0.4 is 5.73 Å². The standard InChI is InChI=1S/C9H11NO2.C6H19NO12P4/c10-8(9(11)12)6-7-4-2-1-3-5-7;1-3-7(4-2,5(20(8,9)10)21(11,12)13)6(22(14,15)16)23(17,18)19/h1-5,8H,6,10H2,(H,11,12);5-6H,3-4H2,1-2H3,(H7-,8,9,10,11,12,13,14,15,16,17,18,19)/p+1/t8-;/m0./s1. The highest BCUT2D eigenvalue weighted by atomic mass is 31.2. The fourth-order valence-corrected chi connectivity index (χ4v) is 11.3. The highest BCUT2D eigenvalue weighted by molar-refractivity contribution is 7.72. The lowest BCUT2D eigenvalue weighted by Gasteiger charge is -2.47. The molecule has 0 fully saturated rings. The summed E-state index contributed by atoms with van der Waals surface area (Å²) in [5, 5.41) is 8.52. The lowest BCUT2D eigenvalue weighted by atomic mass is 10.1. The van der Waals surface area contributed by atoms with Crippen LogP contribution in [0.1, 0.15) is 19.4 Å². The van der Waals surface area contributed by atoms with Crippen molar-refractivity contribution >= 4 is 36.4 Å². The van der Waals surface area contributed by atoms with E-state index in [1.54, 1.807) is 0 Å². The monoisotopic (exact) mass is 587 g/mol. The Morgan fingerprint density at radius 2 is 1.09 bits per heavy atom. The molecule has 1 aromatic carbocycles. The van der Waals surface area contributed by atoms with Crippen molar-refractivity contribution in [2.24, 2.45) is 5.73 Å². The average Bonchev–Trinajstić information content (AvgIpc) is 2.64. The minimum absolute atomic E-state index is 0.385. The number of nitrogens with zero attached hydrogens (tertiary/aromatic N) is 1. The fraction of sp³-hybridized carbons (Fsp3) is 0.533. The Balaban J connectivity index is 0.000000801. The first-order chi connectivity index (χ1) is 15.6. The highest BCUT2D eigenvalue weighted by Crippen LogP contribution is 2.71. The zero-order valence-corrected chi connectivity index (χ0v) is 22.2. The molecule has 20 heteroatoms. The molecule has 0 aromatic heterocycles. The zero-order chi connectivity index (χ0) is 28.0. The molecule has 204 valence electrons. The third-order valence-electron chi connectivity index (χ3n) is 4.92. The Morgan fingerprint density at radius 3 is 1.31 bits per heavy atom. The van der Waals surface area contributed by atoms with Gasteiger partial charge in [-0.3, -0.25) is 27.5 Å². The number of rotatable bonds is 11. The Kier molecular flexibility index (Phi) is 12.4.